The van der Waals surface area contributed by atoms with Gasteiger partial charge in [-0.15, -0.1) is 0 Å². The second-order valence-electron chi connectivity index (χ2n) is 9.68. The molecule has 0 radical (unpaired) electrons. The molecule has 0 aliphatic carbocycles. The standard InChI is InChI=1S/C23H38N8O/c32-20(28-9-3-1-2-4-10-28)19-27-15-17-31(18-16-27)23-25-21(29-11-5-6-12-29)24-22(26-23)30-13-7-8-14-30/h1-19H2. The van der Waals surface area contributed by atoms with Gasteiger partial charge in [0.2, 0.25) is 23.8 Å². The first-order valence-electron chi connectivity index (χ1n) is 12.8. The van der Waals surface area contributed by atoms with Crippen LogP contribution in [0.2, 0.25) is 0 Å². The summed E-state index contributed by atoms with van der Waals surface area (Å²) < 4.78 is 0. The van der Waals surface area contributed by atoms with Crippen molar-refractivity contribution < 1.29 is 4.79 Å². The third-order valence-corrected chi connectivity index (χ3v) is 7.35. The zero-order chi connectivity index (χ0) is 21.8. The molecule has 0 saturated carbocycles. The molecule has 9 nitrogen and oxygen atoms in total. The number of anilines is 3. The summed E-state index contributed by atoms with van der Waals surface area (Å²) in [6.45, 7) is 10.0. The van der Waals surface area contributed by atoms with E-state index in [1.165, 1.54) is 38.5 Å². The molecule has 9 heteroatoms. The molecule has 5 rings (SSSR count). The van der Waals surface area contributed by atoms with Gasteiger partial charge in [0.1, 0.15) is 0 Å². The summed E-state index contributed by atoms with van der Waals surface area (Å²) in [6.07, 6.45) is 9.66. The zero-order valence-electron chi connectivity index (χ0n) is 19.4. The summed E-state index contributed by atoms with van der Waals surface area (Å²) >= 11 is 0. The smallest absolute Gasteiger partial charge is 0.236 e. The molecular weight excluding hydrogens is 404 g/mol. The highest BCUT2D eigenvalue weighted by atomic mass is 16.2. The molecule has 4 aliphatic heterocycles. The number of piperazine rings is 1. The summed E-state index contributed by atoms with van der Waals surface area (Å²) in [7, 11) is 0. The highest BCUT2D eigenvalue weighted by Crippen LogP contribution is 2.24. The van der Waals surface area contributed by atoms with Crippen molar-refractivity contribution in [2.24, 2.45) is 0 Å². The molecule has 0 spiro atoms. The lowest BCUT2D eigenvalue weighted by Gasteiger charge is -2.35. The molecule has 1 aromatic rings. The van der Waals surface area contributed by atoms with E-state index in [2.05, 4.69) is 24.5 Å². The fourth-order valence-electron chi connectivity index (χ4n) is 5.32. The van der Waals surface area contributed by atoms with Crippen LogP contribution < -0.4 is 14.7 Å². The molecule has 32 heavy (non-hydrogen) atoms. The molecule has 4 aliphatic rings. The molecule has 0 N–H and O–H groups in total. The molecule has 176 valence electrons. The lowest BCUT2D eigenvalue weighted by molar-refractivity contribution is -0.132. The zero-order valence-corrected chi connectivity index (χ0v) is 19.4. The minimum atomic E-state index is 0.299. The number of nitrogens with zero attached hydrogens (tertiary/aromatic N) is 8. The summed E-state index contributed by atoms with van der Waals surface area (Å²) in [5.74, 6) is 2.79. The Morgan fingerprint density at radius 1 is 0.531 bits per heavy atom. The van der Waals surface area contributed by atoms with Crippen LogP contribution in [-0.2, 0) is 4.79 Å². The van der Waals surface area contributed by atoms with E-state index in [-0.39, 0.29) is 0 Å². The van der Waals surface area contributed by atoms with Crippen molar-refractivity contribution in [3.63, 3.8) is 0 Å². The number of rotatable bonds is 5. The minimum Gasteiger partial charge on any atom is -0.342 e. The molecule has 1 amide bonds. The van der Waals surface area contributed by atoms with Crippen LogP contribution in [0.3, 0.4) is 0 Å². The van der Waals surface area contributed by atoms with Gasteiger partial charge < -0.3 is 19.6 Å². The number of hydrogen-bond acceptors (Lipinski definition) is 8. The Morgan fingerprint density at radius 3 is 1.41 bits per heavy atom. The number of carbonyl (C=O) groups excluding carboxylic acids is 1. The number of likely N-dealkylation sites (tertiary alicyclic amines) is 1. The molecule has 1 aromatic heterocycles. The van der Waals surface area contributed by atoms with E-state index in [0.717, 1.165) is 96.1 Å². The Kier molecular flexibility index (Phi) is 6.90. The minimum absolute atomic E-state index is 0.299. The summed E-state index contributed by atoms with van der Waals surface area (Å²) in [5, 5.41) is 0. The molecule has 4 fully saturated rings. The van der Waals surface area contributed by atoms with Crippen molar-refractivity contribution in [2.75, 3.05) is 86.7 Å². The fraction of sp³-hybridized carbons (Fsp3) is 0.826. The lowest BCUT2D eigenvalue weighted by atomic mass is 10.2. The highest BCUT2D eigenvalue weighted by Gasteiger charge is 2.27. The SMILES string of the molecule is O=C(CN1CCN(c2nc(N3CCCC3)nc(N3CCCC3)n2)CC1)N1CCCCCC1. The second-order valence-corrected chi connectivity index (χ2v) is 9.68. The molecular formula is C23H38N8O. The van der Waals surface area contributed by atoms with Crippen molar-refractivity contribution in [2.45, 2.75) is 51.4 Å². The van der Waals surface area contributed by atoms with Gasteiger partial charge in [-0.1, -0.05) is 12.8 Å². The summed E-state index contributed by atoms with van der Waals surface area (Å²) in [5.41, 5.74) is 0. The maximum absolute atomic E-state index is 12.8. The van der Waals surface area contributed by atoms with Crippen molar-refractivity contribution in [1.29, 1.82) is 0 Å². The van der Waals surface area contributed by atoms with E-state index in [9.17, 15) is 4.79 Å². The number of carbonyl (C=O) groups is 1. The van der Waals surface area contributed by atoms with Crippen molar-refractivity contribution in [3.8, 4) is 0 Å². The van der Waals surface area contributed by atoms with Gasteiger partial charge in [-0.2, -0.15) is 15.0 Å². The van der Waals surface area contributed by atoms with Crippen LogP contribution in [0.5, 0.6) is 0 Å². The first-order chi connectivity index (χ1) is 15.8. The van der Waals surface area contributed by atoms with Crippen LogP contribution in [0.1, 0.15) is 51.4 Å². The fourth-order valence-corrected chi connectivity index (χ4v) is 5.32. The topological polar surface area (TPSA) is 71.9 Å². The second kappa shape index (κ2) is 10.2. The van der Waals surface area contributed by atoms with E-state index < -0.39 is 0 Å². The van der Waals surface area contributed by atoms with Gasteiger partial charge in [-0.25, -0.2) is 0 Å². The van der Waals surface area contributed by atoms with Crippen LogP contribution in [0.15, 0.2) is 0 Å². The van der Waals surface area contributed by atoms with Gasteiger partial charge in [0.25, 0.3) is 0 Å². The summed E-state index contributed by atoms with van der Waals surface area (Å²) in [6, 6.07) is 0. The quantitative estimate of drug-likeness (QED) is 0.681. The Labute approximate surface area is 191 Å². The Balaban J connectivity index is 1.23. The van der Waals surface area contributed by atoms with Crippen molar-refractivity contribution >= 4 is 23.8 Å². The average molecular weight is 443 g/mol. The van der Waals surface area contributed by atoms with Gasteiger partial charge in [-0.3, -0.25) is 9.69 Å². The van der Waals surface area contributed by atoms with Gasteiger partial charge >= 0.3 is 0 Å². The van der Waals surface area contributed by atoms with Crippen LogP contribution >= 0.6 is 0 Å². The molecule has 0 bridgehead atoms. The maximum Gasteiger partial charge on any atom is 0.236 e. The lowest BCUT2D eigenvalue weighted by Crippen LogP contribution is -2.50. The van der Waals surface area contributed by atoms with Crippen LogP contribution in [0.4, 0.5) is 17.8 Å². The van der Waals surface area contributed by atoms with Gasteiger partial charge in [-0.05, 0) is 38.5 Å². The van der Waals surface area contributed by atoms with Crippen molar-refractivity contribution in [1.82, 2.24) is 24.8 Å². The Hall–Kier alpha value is -2.16. The molecule has 5 heterocycles. The number of aromatic nitrogens is 3. The van der Waals surface area contributed by atoms with E-state index in [0.29, 0.717) is 12.5 Å². The predicted molar refractivity (Wildman–Crippen MR) is 126 cm³/mol. The van der Waals surface area contributed by atoms with E-state index >= 15 is 0 Å². The van der Waals surface area contributed by atoms with Gasteiger partial charge in [0, 0.05) is 65.4 Å². The molecule has 4 saturated heterocycles. The number of hydrogen-bond donors (Lipinski definition) is 0. The number of amides is 1. The highest BCUT2D eigenvalue weighted by molar-refractivity contribution is 5.78. The van der Waals surface area contributed by atoms with Gasteiger partial charge in [0.05, 0.1) is 6.54 Å². The molecule has 0 atom stereocenters. The summed E-state index contributed by atoms with van der Waals surface area (Å²) in [4.78, 5) is 38.7. The Morgan fingerprint density at radius 2 is 0.938 bits per heavy atom. The third-order valence-electron chi connectivity index (χ3n) is 7.35. The largest absolute Gasteiger partial charge is 0.342 e. The first-order valence-corrected chi connectivity index (χ1v) is 12.8. The maximum atomic E-state index is 12.8. The van der Waals surface area contributed by atoms with E-state index in [1.807, 2.05) is 0 Å². The van der Waals surface area contributed by atoms with Crippen LogP contribution in [-0.4, -0.2) is 103 Å². The van der Waals surface area contributed by atoms with Crippen LogP contribution in [0.25, 0.3) is 0 Å². The van der Waals surface area contributed by atoms with E-state index in [1.54, 1.807) is 0 Å². The average Bonchev–Trinajstić information content (AvgIpc) is 3.50. The van der Waals surface area contributed by atoms with Crippen molar-refractivity contribution in [3.05, 3.63) is 0 Å². The van der Waals surface area contributed by atoms with Gasteiger partial charge in [0.15, 0.2) is 0 Å². The molecule has 0 unspecified atom stereocenters. The first kappa shape index (κ1) is 21.7. The van der Waals surface area contributed by atoms with Crippen LogP contribution in [0, 0.1) is 0 Å². The predicted octanol–water partition coefficient (Wildman–Crippen LogP) is 1.60. The third kappa shape index (κ3) is 5.08. The molecule has 0 aromatic carbocycles. The normalized spacial score (nSPS) is 23.1. The van der Waals surface area contributed by atoms with E-state index in [4.69, 9.17) is 15.0 Å². The monoisotopic (exact) mass is 442 g/mol. The Bertz CT molecular complexity index is 727.